The Bertz CT molecular complexity index is 1220. The van der Waals surface area contributed by atoms with E-state index in [9.17, 15) is 0 Å². The summed E-state index contributed by atoms with van der Waals surface area (Å²) in [6.07, 6.45) is 4.67. The van der Waals surface area contributed by atoms with Gasteiger partial charge in [0, 0.05) is 25.7 Å². The monoisotopic (exact) mass is 389 g/mol. The molecule has 0 unspecified atom stereocenters. The molecule has 8 heteroatoms. The lowest BCUT2D eigenvalue weighted by atomic mass is 10.0. The predicted molar refractivity (Wildman–Crippen MR) is 112 cm³/mol. The molecular formula is C21H23N7O. The zero-order chi connectivity index (χ0) is 20.1. The van der Waals surface area contributed by atoms with Crippen LogP contribution >= 0.6 is 0 Å². The second-order valence-electron chi connectivity index (χ2n) is 7.42. The van der Waals surface area contributed by atoms with E-state index < -0.39 is 0 Å². The van der Waals surface area contributed by atoms with Crippen molar-refractivity contribution in [3.05, 3.63) is 42.0 Å². The second-order valence-corrected chi connectivity index (χ2v) is 7.42. The van der Waals surface area contributed by atoms with Gasteiger partial charge in [-0.15, -0.1) is 0 Å². The Kier molecular flexibility index (Phi) is 4.01. The Morgan fingerprint density at radius 1 is 1.10 bits per heavy atom. The molecule has 0 bridgehead atoms. The van der Waals surface area contributed by atoms with Gasteiger partial charge >= 0.3 is 0 Å². The van der Waals surface area contributed by atoms with E-state index in [-0.39, 0.29) is 0 Å². The molecule has 0 radical (unpaired) electrons. The van der Waals surface area contributed by atoms with Crippen molar-refractivity contribution >= 4 is 16.9 Å². The highest BCUT2D eigenvalue weighted by Crippen LogP contribution is 2.35. The van der Waals surface area contributed by atoms with Crippen molar-refractivity contribution in [1.82, 2.24) is 29.5 Å². The zero-order valence-electron chi connectivity index (χ0n) is 17.0. The van der Waals surface area contributed by atoms with Gasteiger partial charge in [0.2, 0.25) is 0 Å². The first kappa shape index (κ1) is 17.7. The molecular weight excluding hydrogens is 366 g/mol. The molecule has 0 N–H and O–H groups in total. The smallest absolute Gasteiger partial charge is 0.158 e. The summed E-state index contributed by atoms with van der Waals surface area (Å²) in [7, 11) is 3.63. The highest BCUT2D eigenvalue weighted by molar-refractivity contribution is 5.90. The fourth-order valence-corrected chi connectivity index (χ4v) is 3.93. The molecule has 0 amide bonds. The van der Waals surface area contributed by atoms with Crippen LogP contribution in [0.25, 0.3) is 28.0 Å². The van der Waals surface area contributed by atoms with Crippen molar-refractivity contribution in [2.45, 2.75) is 20.3 Å². The predicted octanol–water partition coefficient (Wildman–Crippen LogP) is 3.05. The minimum Gasteiger partial charge on any atom is -0.497 e. The Labute approximate surface area is 168 Å². The molecule has 4 aromatic rings. The summed E-state index contributed by atoms with van der Waals surface area (Å²) in [4.78, 5) is 11.4. The molecule has 0 aliphatic carbocycles. The Morgan fingerprint density at radius 3 is 2.62 bits per heavy atom. The fourth-order valence-electron chi connectivity index (χ4n) is 3.93. The molecule has 1 aliphatic heterocycles. The Morgan fingerprint density at radius 2 is 1.93 bits per heavy atom. The molecule has 1 fully saturated rings. The third-order valence-electron chi connectivity index (χ3n) is 5.60. The van der Waals surface area contributed by atoms with E-state index in [0.717, 1.165) is 63.9 Å². The van der Waals surface area contributed by atoms with Crippen LogP contribution in [0, 0.1) is 13.8 Å². The maximum atomic E-state index is 5.37. The van der Waals surface area contributed by atoms with Gasteiger partial charge in [-0.3, -0.25) is 4.68 Å². The quantitative estimate of drug-likeness (QED) is 0.534. The van der Waals surface area contributed by atoms with Gasteiger partial charge in [-0.25, -0.2) is 14.6 Å². The van der Waals surface area contributed by atoms with E-state index >= 15 is 0 Å². The normalized spacial score (nSPS) is 13.7. The highest BCUT2D eigenvalue weighted by Gasteiger charge is 2.25. The van der Waals surface area contributed by atoms with E-state index in [0.29, 0.717) is 0 Å². The molecule has 0 atom stereocenters. The Balaban J connectivity index is 1.76. The number of methoxy groups -OCH3 is 1. The number of rotatable bonds is 4. The summed E-state index contributed by atoms with van der Waals surface area (Å²) in [6.45, 7) is 6.08. The maximum absolute atomic E-state index is 5.37. The van der Waals surface area contributed by atoms with Crippen LogP contribution in [0.15, 0.2) is 30.7 Å². The standard InChI is InChI=1S/C21H23N7O/c1-13-10-15(29-4)6-7-16(13)19-17(11-24-26(19)3)28-20-18(14(2)25-28)22-12-23-21(20)27-8-5-9-27/h6-7,10-12H,5,8-9H2,1-4H3. The van der Waals surface area contributed by atoms with Crippen molar-refractivity contribution in [3.63, 3.8) is 0 Å². The second kappa shape index (κ2) is 6.58. The van der Waals surface area contributed by atoms with Crippen molar-refractivity contribution in [2.75, 3.05) is 25.1 Å². The van der Waals surface area contributed by atoms with E-state index in [1.807, 2.05) is 41.7 Å². The topological polar surface area (TPSA) is 73.9 Å². The van der Waals surface area contributed by atoms with Crippen LogP contribution in [-0.4, -0.2) is 49.7 Å². The zero-order valence-corrected chi connectivity index (χ0v) is 17.0. The summed E-state index contributed by atoms with van der Waals surface area (Å²) >= 11 is 0. The van der Waals surface area contributed by atoms with Crippen LogP contribution in [0.3, 0.4) is 0 Å². The number of aromatic nitrogens is 6. The highest BCUT2D eigenvalue weighted by atomic mass is 16.5. The van der Waals surface area contributed by atoms with Crippen molar-refractivity contribution < 1.29 is 4.74 Å². The summed E-state index contributed by atoms with van der Waals surface area (Å²) in [6, 6.07) is 6.08. The minimum atomic E-state index is 0.837. The number of nitrogens with zero attached hydrogens (tertiary/aromatic N) is 7. The molecule has 8 nitrogen and oxygen atoms in total. The Hall–Kier alpha value is -3.42. The molecule has 1 aromatic carbocycles. The molecule has 4 heterocycles. The first-order valence-electron chi connectivity index (χ1n) is 9.71. The van der Waals surface area contributed by atoms with Gasteiger partial charge in [0.1, 0.15) is 28.8 Å². The van der Waals surface area contributed by atoms with Gasteiger partial charge in [-0.1, -0.05) is 0 Å². The van der Waals surface area contributed by atoms with Crippen LogP contribution in [0.1, 0.15) is 17.7 Å². The lowest BCUT2D eigenvalue weighted by Gasteiger charge is -2.32. The van der Waals surface area contributed by atoms with E-state index in [2.05, 4.69) is 33.0 Å². The van der Waals surface area contributed by atoms with Crippen LogP contribution in [0.2, 0.25) is 0 Å². The number of hydrogen-bond donors (Lipinski definition) is 0. The lowest BCUT2D eigenvalue weighted by Crippen LogP contribution is -2.38. The molecule has 5 rings (SSSR count). The van der Waals surface area contributed by atoms with Gasteiger partial charge < -0.3 is 9.64 Å². The first-order valence-corrected chi connectivity index (χ1v) is 9.71. The van der Waals surface area contributed by atoms with Crippen LogP contribution in [-0.2, 0) is 7.05 Å². The minimum absolute atomic E-state index is 0.837. The average Bonchev–Trinajstić information content (AvgIpc) is 3.21. The molecule has 0 saturated carbocycles. The number of ether oxygens (including phenoxy) is 1. The summed E-state index contributed by atoms with van der Waals surface area (Å²) < 4.78 is 9.21. The largest absolute Gasteiger partial charge is 0.497 e. The number of anilines is 1. The number of aryl methyl sites for hydroxylation is 3. The van der Waals surface area contributed by atoms with Gasteiger partial charge in [0.15, 0.2) is 5.82 Å². The SMILES string of the molecule is COc1ccc(-c2c(-n3nc(C)c4ncnc(N5CCC5)c43)cnn2C)c(C)c1. The molecule has 1 aliphatic rings. The summed E-state index contributed by atoms with van der Waals surface area (Å²) in [5, 5.41) is 9.38. The van der Waals surface area contributed by atoms with E-state index in [1.54, 1.807) is 13.4 Å². The summed E-state index contributed by atoms with van der Waals surface area (Å²) in [5.74, 6) is 1.77. The number of hydrogen-bond acceptors (Lipinski definition) is 6. The van der Waals surface area contributed by atoms with E-state index in [1.165, 1.54) is 6.42 Å². The average molecular weight is 389 g/mol. The molecule has 148 valence electrons. The third-order valence-corrected chi connectivity index (χ3v) is 5.60. The van der Waals surface area contributed by atoms with Crippen molar-refractivity contribution in [3.8, 4) is 22.7 Å². The third kappa shape index (κ3) is 2.66. The summed E-state index contributed by atoms with van der Waals surface area (Å²) in [5.41, 5.74) is 6.80. The van der Waals surface area contributed by atoms with Crippen LogP contribution < -0.4 is 9.64 Å². The fraction of sp³-hybridized carbons (Fsp3) is 0.333. The van der Waals surface area contributed by atoms with Crippen LogP contribution in [0.5, 0.6) is 5.75 Å². The molecule has 0 spiro atoms. The van der Waals surface area contributed by atoms with Gasteiger partial charge in [0.05, 0.1) is 24.7 Å². The number of benzene rings is 1. The first-order chi connectivity index (χ1) is 14.1. The van der Waals surface area contributed by atoms with Crippen molar-refractivity contribution in [2.24, 2.45) is 7.05 Å². The molecule has 29 heavy (non-hydrogen) atoms. The lowest BCUT2D eigenvalue weighted by molar-refractivity contribution is 0.414. The van der Waals surface area contributed by atoms with E-state index in [4.69, 9.17) is 9.84 Å². The maximum Gasteiger partial charge on any atom is 0.158 e. The van der Waals surface area contributed by atoms with Crippen LogP contribution in [0.4, 0.5) is 5.82 Å². The number of fused-ring (bicyclic) bond motifs is 1. The van der Waals surface area contributed by atoms with Gasteiger partial charge in [-0.2, -0.15) is 10.2 Å². The van der Waals surface area contributed by atoms with Gasteiger partial charge in [0.25, 0.3) is 0 Å². The van der Waals surface area contributed by atoms with Crippen molar-refractivity contribution in [1.29, 1.82) is 0 Å². The van der Waals surface area contributed by atoms with Gasteiger partial charge in [-0.05, 0) is 44.0 Å². The molecule has 3 aromatic heterocycles. The molecule has 1 saturated heterocycles.